The highest BCUT2D eigenvalue weighted by Crippen LogP contribution is 2.23. The fraction of sp³-hybridized carbons (Fsp3) is 0.312. The molecule has 4 heteroatoms. The molecule has 0 saturated heterocycles. The fourth-order valence-corrected chi connectivity index (χ4v) is 2.51. The highest BCUT2D eigenvalue weighted by molar-refractivity contribution is 6.42. The Balaban J connectivity index is 1.93. The molecule has 0 saturated carbocycles. The van der Waals surface area contributed by atoms with E-state index in [0.29, 0.717) is 16.1 Å². The first-order valence-corrected chi connectivity index (χ1v) is 7.44. The van der Waals surface area contributed by atoms with E-state index >= 15 is 0 Å². The van der Waals surface area contributed by atoms with Crippen LogP contribution in [-0.4, -0.2) is 18.1 Å². The standard InChI is InChI=1S/C16H18Cl2N2/c1-19-14(6-4-12-3-2-8-20-11-12)9-13-5-7-15(17)16(18)10-13/h2-3,5,7-8,10-11,14,19H,4,6,9H2,1H3. The largest absolute Gasteiger partial charge is 0.317 e. The van der Waals surface area contributed by atoms with Gasteiger partial charge in [0.1, 0.15) is 0 Å². The fourth-order valence-electron chi connectivity index (χ4n) is 2.19. The summed E-state index contributed by atoms with van der Waals surface area (Å²) in [4.78, 5) is 4.14. The number of hydrogen-bond acceptors (Lipinski definition) is 2. The Morgan fingerprint density at radius 3 is 2.65 bits per heavy atom. The molecule has 0 aliphatic carbocycles. The molecule has 1 unspecified atom stereocenters. The summed E-state index contributed by atoms with van der Waals surface area (Å²) >= 11 is 12.0. The van der Waals surface area contributed by atoms with Crippen molar-refractivity contribution in [2.24, 2.45) is 0 Å². The second kappa shape index (κ2) is 7.63. The molecule has 0 amide bonds. The third-order valence-corrected chi connectivity index (χ3v) is 4.12. The zero-order valence-corrected chi connectivity index (χ0v) is 13.0. The summed E-state index contributed by atoms with van der Waals surface area (Å²) in [6, 6.07) is 10.3. The Morgan fingerprint density at radius 2 is 2.00 bits per heavy atom. The molecule has 1 heterocycles. The Labute approximate surface area is 130 Å². The van der Waals surface area contributed by atoms with Crippen molar-refractivity contribution in [3.05, 3.63) is 63.9 Å². The van der Waals surface area contributed by atoms with Crippen molar-refractivity contribution in [2.75, 3.05) is 7.05 Å². The number of aromatic nitrogens is 1. The van der Waals surface area contributed by atoms with Gasteiger partial charge in [0.25, 0.3) is 0 Å². The van der Waals surface area contributed by atoms with Crippen LogP contribution in [-0.2, 0) is 12.8 Å². The summed E-state index contributed by atoms with van der Waals surface area (Å²) in [6.07, 6.45) is 6.73. The van der Waals surface area contributed by atoms with E-state index in [0.717, 1.165) is 19.3 Å². The van der Waals surface area contributed by atoms with Gasteiger partial charge in [-0.05, 0) is 55.6 Å². The van der Waals surface area contributed by atoms with Crippen molar-refractivity contribution in [2.45, 2.75) is 25.3 Å². The summed E-state index contributed by atoms with van der Waals surface area (Å²) in [5.41, 5.74) is 2.46. The summed E-state index contributed by atoms with van der Waals surface area (Å²) in [5, 5.41) is 4.58. The molecule has 1 aromatic heterocycles. The number of halogens is 2. The first-order valence-electron chi connectivity index (χ1n) is 6.69. The van der Waals surface area contributed by atoms with Crippen molar-refractivity contribution >= 4 is 23.2 Å². The van der Waals surface area contributed by atoms with Crippen molar-refractivity contribution in [1.82, 2.24) is 10.3 Å². The van der Waals surface area contributed by atoms with Crippen molar-refractivity contribution in [1.29, 1.82) is 0 Å². The van der Waals surface area contributed by atoms with E-state index < -0.39 is 0 Å². The van der Waals surface area contributed by atoms with E-state index in [1.807, 2.05) is 37.5 Å². The third-order valence-electron chi connectivity index (χ3n) is 3.38. The summed E-state index contributed by atoms with van der Waals surface area (Å²) in [6.45, 7) is 0. The molecule has 20 heavy (non-hydrogen) atoms. The van der Waals surface area contributed by atoms with Gasteiger partial charge >= 0.3 is 0 Å². The van der Waals surface area contributed by atoms with E-state index in [2.05, 4.69) is 16.4 Å². The lowest BCUT2D eigenvalue weighted by Gasteiger charge is -2.16. The molecule has 0 aliphatic rings. The van der Waals surface area contributed by atoms with Gasteiger partial charge in [-0.2, -0.15) is 0 Å². The van der Waals surface area contributed by atoms with Crippen LogP contribution in [0, 0.1) is 0 Å². The molecule has 0 spiro atoms. The van der Waals surface area contributed by atoms with Crippen LogP contribution in [0.2, 0.25) is 10.0 Å². The van der Waals surface area contributed by atoms with Gasteiger partial charge in [-0.3, -0.25) is 4.98 Å². The van der Waals surface area contributed by atoms with Crippen LogP contribution in [0.5, 0.6) is 0 Å². The number of aryl methyl sites for hydroxylation is 1. The van der Waals surface area contributed by atoms with Gasteiger partial charge in [0.05, 0.1) is 10.0 Å². The second-order valence-electron chi connectivity index (χ2n) is 4.84. The predicted octanol–water partition coefficient (Wildman–Crippen LogP) is 4.15. The SMILES string of the molecule is CNC(CCc1cccnc1)Cc1ccc(Cl)c(Cl)c1. The van der Waals surface area contributed by atoms with Crippen LogP contribution in [0.15, 0.2) is 42.7 Å². The smallest absolute Gasteiger partial charge is 0.0595 e. The van der Waals surface area contributed by atoms with Crippen LogP contribution in [0.3, 0.4) is 0 Å². The highest BCUT2D eigenvalue weighted by Gasteiger charge is 2.09. The number of benzene rings is 1. The molecule has 1 N–H and O–H groups in total. The summed E-state index contributed by atoms with van der Waals surface area (Å²) in [7, 11) is 1.99. The van der Waals surface area contributed by atoms with Crippen molar-refractivity contribution in [3.63, 3.8) is 0 Å². The monoisotopic (exact) mass is 308 g/mol. The number of hydrogen-bond donors (Lipinski definition) is 1. The van der Waals surface area contributed by atoms with Crippen LogP contribution in [0.25, 0.3) is 0 Å². The normalized spacial score (nSPS) is 12.3. The van der Waals surface area contributed by atoms with Gasteiger partial charge in [-0.1, -0.05) is 35.3 Å². The molecule has 0 bridgehead atoms. The Morgan fingerprint density at radius 1 is 1.15 bits per heavy atom. The first kappa shape index (κ1) is 15.3. The lowest BCUT2D eigenvalue weighted by atomic mass is 10.00. The predicted molar refractivity (Wildman–Crippen MR) is 85.6 cm³/mol. The van der Waals surface area contributed by atoms with E-state index in [1.165, 1.54) is 11.1 Å². The minimum atomic E-state index is 0.410. The van der Waals surface area contributed by atoms with Crippen LogP contribution in [0.1, 0.15) is 17.5 Å². The lowest BCUT2D eigenvalue weighted by molar-refractivity contribution is 0.520. The van der Waals surface area contributed by atoms with Crippen molar-refractivity contribution in [3.8, 4) is 0 Å². The molecule has 0 fully saturated rings. The van der Waals surface area contributed by atoms with Crippen LogP contribution >= 0.6 is 23.2 Å². The number of pyridine rings is 1. The topological polar surface area (TPSA) is 24.9 Å². The maximum atomic E-state index is 6.05. The zero-order valence-electron chi connectivity index (χ0n) is 11.4. The molecule has 0 aliphatic heterocycles. The van der Waals surface area contributed by atoms with Gasteiger partial charge in [0, 0.05) is 18.4 Å². The van der Waals surface area contributed by atoms with Gasteiger partial charge in [-0.25, -0.2) is 0 Å². The third kappa shape index (κ3) is 4.48. The highest BCUT2D eigenvalue weighted by atomic mass is 35.5. The maximum absolute atomic E-state index is 6.05. The molecule has 0 radical (unpaired) electrons. The number of nitrogens with zero attached hydrogens (tertiary/aromatic N) is 1. The molecule has 2 rings (SSSR count). The summed E-state index contributed by atoms with van der Waals surface area (Å²) in [5.74, 6) is 0. The average molecular weight is 309 g/mol. The van der Waals surface area contributed by atoms with Gasteiger partial charge < -0.3 is 5.32 Å². The van der Waals surface area contributed by atoms with Gasteiger partial charge in [-0.15, -0.1) is 0 Å². The maximum Gasteiger partial charge on any atom is 0.0595 e. The molecular weight excluding hydrogens is 291 g/mol. The lowest BCUT2D eigenvalue weighted by Crippen LogP contribution is -2.28. The Kier molecular flexibility index (Phi) is 5.84. The second-order valence-corrected chi connectivity index (χ2v) is 5.65. The minimum Gasteiger partial charge on any atom is -0.317 e. The molecule has 2 nitrogen and oxygen atoms in total. The van der Waals surface area contributed by atoms with Crippen molar-refractivity contribution < 1.29 is 0 Å². The number of nitrogens with one attached hydrogen (secondary N) is 1. The van der Waals surface area contributed by atoms with E-state index in [1.54, 1.807) is 6.20 Å². The molecule has 1 atom stereocenters. The molecular formula is C16H18Cl2N2. The van der Waals surface area contributed by atoms with Crippen LogP contribution < -0.4 is 5.32 Å². The minimum absolute atomic E-state index is 0.410. The van der Waals surface area contributed by atoms with Gasteiger partial charge in [0.15, 0.2) is 0 Å². The molecule has 106 valence electrons. The van der Waals surface area contributed by atoms with E-state index in [-0.39, 0.29) is 0 Å². The molecule has 1 aromatic carbocycles. The quantitative estimate of drug-likeness (QED) is 0.867. The van der Waals surface area contributed by atoms with E-state index in [9.17, 15) is 0 Å². The number of rotatable bonds is 6. The Bertz CT molecular complexity index is 543. The number of likely N-dealkylation sites (N-methyl/N-ethyl adjacent to an activating group) is 1. The van der Waals surface area contributed by atoms with Crippen LogP contribution in [0.4, 0.5) is 0 Å². The average Bonchev–Trinajstić information content (AvgIpc) is 2.48. The first-order chi connectivity index (χ1) is 9.69. The zero-order chi connectivity index (χ0) is 14.4. The van der Waals surface area contributed by atoms with Gasteiger partial charge in [0.2, 0.25) is 0 Å². The van der Waals surface area contributed by atoms with E-state index in [4.69, 9.17) is 23.2 Å². The summed E-state index contributed by atoms with van der Waals surface area (Å²) < 4.78 is 0. The Hall–Kier alpha value is -1.09. The molecule has 2 aromatic rings.